The van der Waals surface area contributed by atoms with Gasteiger partial charge in [0.05, 0.1) is 15.5 Å². The highest BCUT2D eigenvalue weighted by Crippen LogP contribution is 2.24. The number of aliphatic hydroxyl groups is 1. The van der Waals surface area contributed by atoms with Crippen molar-refractivity contribution in [2.24, 2.45) is 5.14 Å². The molecule has 0 aliphatic rings. The van der Waals surface area contributed by atoms with E-state index in [2.05, 4.69) is 5.32 Å². The highest BCUT2D eigenvalue weighted by atomic mass is 32.2. The van der Waals surface area contributed by atoms with Crippen LogP contribution in [0.25, 0.3) is 0 Å². The Morgan fingerprint density at radius 2 is 1.78 bits per heavy atom. The molecule has 0 amide bonds. The number of rotatable bonds is 8. The van der Waals surface area contributed by atoms with Crippen LogP contribution in [0.15, 0.2) is 52.3 Å². The van der Waals surface area contributed by atoms with Crippen LogP contribution in [0.1, 0.15) is 0 Å². The molecule has 1 atom stereocenters. The summed E-state index contributed by atoms with van der Waals surface area (Å²) in [7, 11) is -7.82. The summed E-state index contributed by atoms with van der Waals surface area (Å²) in [5.74, 6) is -0.0504. The molecule has 27 heavy (non-hydrogen) atoms. The number of sulfonamides is 1. The number of benzene rings is 2. The van der Waals surface area contributed by atoms with Crippen molar-refractivity contribution in [3.63, 3.8) is 0 Å². The van der Waals surface area contributed by atoms with Gasteiger partial charge in [0.1, 0.15) is 24.3 Å². The van der Waals surface area contributed by atoms with E-state index < -0.39 is 31.8 Å². The zero-order valence-corrected chi connectivity index (χ0v) is 15.9. The van der Waals surface area contributed by atoms with E-state index in [9.17, 15) is 26.3 Å². The number of hydrogen-bond donors (Lipinski definition) is 3. The topological polar surface area (TPSA) is 136 Å². The standard InChI is InChI=1S/C16H19FN2O6S2/c1-26(21,22)16-8-14(27(18,23)24)6-7-15(16)19-9-12(20)10-25-13-4-2-11(17)3-5-13/h2-8,12,19-20H,9-10H2,1H3,(H2,18,23,24). The first-order chi connectivity index (χ1) is 12.5. The summed E-state index contributed by atoms with van der Waals surface area (Å²) in [6, 6.07) is 8.61. The van der Waals surface area contributed by atoms with Gasteiger partial charge in [0.2, 0.25) is 10.0 Å². The summed E-state index contributed by atoms with van der Waals surface area (Å²) >= 11 is 0. The highest BCUT2D eigenvalue weighted by Gasteiger charge is 2.19. The molecule has 148 valence electrons. The van der Waals surface area contributed by atoms with Gasteiger partial charge in [-0.15, -0.1) is 0 Å². The lowest BCUT2D eigenvalue weighted by Crippen LogP contribution is -2.27. The van der Waals surface area contributed by atoms with Crippen LogP contribution in [0.5, 0.6) is 5.75 Å². The third kappa shape index (κ3) is 6.17. The van der Waals surface area contributed by atoms with Gasteiger partial charge in [-0.25, -0.2) is 26.4 Å². The molecule has 2 aromatic rings. The van der Waals surface area contributed by atoms with Gasteiger partial charge in [-0.05, 0) is 42.5 Å². The number of nitrogens with two attached hydrogens (primary N) is 1. The summed E-state index contributed by atoms with van der Waals surface area (Å²) in [4.78, 5) is -0.602. The van der Waals surface area contributed by atoms with Crippen molar-refractivity contribution < 1.29 is 31.1 Å². The van der Waals surface area contributed by atoms with Crippen LogP contribution in [-0.2, 0) is 19.9 Å². The minimum atomic E-state index is -4.06. The van der Waals surface area contributed by atoms with Crippen LogP contribution < -0.4 is 15.2 Å². The Morgan fingerprint density at radius 3 is 2.33 bits per heavy atom. The first-order valence-corrected chi connectivity index (χ1v) is 11.1. The predicted octanol–water partition coefficient (Wildman–Crippen LogP) is 0.728. The molecule has 0 saturated carbocycles. The fourth-order valence-electron chi connectivity index (χ4n) is 2.14. The molecule has 0 aromatic heterocycles. The predicted molar refractivity (Wildman–Crippen MR) is 97.3 cm³/mol. The molecule has 0 fully saturated rings. The van der Waals surface area contributed by atoms with Crippen LogP contribution in [0, 0.1) is 5.82 Å². The summed E-state index contributed by atoms with van der Waals surface area (Å²) < 4.78 is 64.8. The van der Waals surface area contributed by atoms with E-state index in [0.717, 1.165) is 18.4 Å². The van der Waals surface area contributed by atoms with E-state index in [4.69, 9.17) is 9.88 Å². The summed E-state index contributed by atoms with van der Waals surface area (Å²) in [5.41, 5.74) is 0.116. The van der Waals surface area contributed by atoms with Gasteiger partial charge in [-0.3, -0.25) is 0 Å². The molecule has 0 radical (unpaired) electrons. The third-order valence-corrected chi connectivity index (χ3v) is 5.51. The maximum Gasteiger partial charge on any atom is 0.238 e. The van der Waals surface area contributed by atoms with E-state index in [1.807, 2.05) is 0 Å². The average molecular weight is 418 g/mol. The van der Waals surface area contributed by atoms with Gasteiger partial charge in [0, 0.05) is 12.8 Å². The Bertz CT molecular complexity index is 1010. The zero-order chi connectivity index (χ0) is 20.2. The third-order valence-electron chi connectivity index (χ3n) is 3.47. The normalized spacial score (nSPS) is 13.2. The fraction of sp³-hybridized carbons (Fsp3) is 0.250. The number of nitrogens with one attached hydrogen (secondary N) is 1. The van der Waals surface area contributed by atoms with Gasteiger partial charge in [-0.1, -0.05) is 0 Å². The Morgan fingerprint density at radius 1 is 1.15 bits per heavy atom. The second-order valence-corrected chi connectivity index (χ2v) is 9.32. The Kier molecular flexibility index (Phi) is 6.42. The summed E-state index contributed by atoms with van der Waals surface area (Å²) in [5, 5.41) is 17.7. The van der Waals surface area contributed by atoms with Crippen molar-refractivity contribution in [2.45, 2.75) is 15.9 Å². The van der Waals surface area contributed by atoms with Gasteiger partial charge >= 0.3 is 0 Å². The summed E-state index contributed by atoms with van der Waals surface area (Å²) in [6.45, 7) is -0.194. The smallest absolute Gasteiger partial charge is 0.238 e. The van der Waals surface area contributed by atoms with Crippen LogP contribution in [0.3, 0.4) is 0 Å². The van der Waals surface area contributed by atoms with Crippen LogP contribution in [0.2, 0.25) is 0 Å². The molecule has 0 bridgehead atoms. The molecule has 11 heteroatoms. The molecular formula is C16H19FN2O6S2. The van der Waals surface area contributed by atoms with E-state index in [1.165, 1.54) is 30.3 Å². The lowest BCUT2D eigenvalue weighted by atomic mass is 10.3. The minimum Gasteiger partial charge on any atom is -0.491 e. The van der Waals surface area contributed by atoms with Crippen molar-refractivity contribution in [1.82, 2.24) is 0 Å². The lowest BCUT2D eigenvalue weighted by Gasteiger charge is -2.16. The quantitative estimate of drug-likeness (QED) is 0.575. The molecule has 0 heterocycles. The van der Waals surface area contributed by atoms with Crippen molar-refractivity contribution in [1.29, 1.82) is 0 Å². The molecule has 0 saturated heterocycles. The van der Waals surface area contributed by atoms with Crippen molar-refractivity contribution >= 4 is 25.5 Å². The molecule has 0 aliphatic heterocycles. The highest BCUT2D eigenvalue weighted by molar-refractivity contribution is 7.91. The minimum absolute atomic E-state index is 0.0710. The van der Waals surface area contributed by atoms with E-state index in [0.29, 0.717) is 5.75 Å². The van der Waals surface area contributed by atoms with E-state index in [-0.39, 0.29) is 28.6 Å². The van der Waals surface area contributed by atoms with Crippen LogP contribution in [0.4, 0.5) is 10.1 Å². The molecular weight excluding hydrogens is 399 g/mol. The van der Waals surface area contributed by atoms with Gasteiger partial charge < -0.3 is 15.2 Å². The maximum absolute atomic E-state index is 12.8. The molecule has 2 rings (SSSR count). The SMILES string of the molecule is CS(=O)(=O)c1cc(S(N)(=O)=O)ccc1NCC(O)COc1ccc(F)cc1. The molecule has 0 aliphatic carbocycles. The van der Waals surface area contributed by atoms with Crippen molar-refractivity contribution in [2.75, 3.05) is 24.7 Å². The first kappa shape index (κ1) is 21.1. The maximum atomic E-state index is 12.8. The second-order valence-electron chi connectivity index (χ2n) is 5.77. The van der Waals surface area contributed by atoms with Gasteiger partial charge in [-0.2, -0.15) is 0 Å². The van der Waals surface area contributed by atoms with Crippen LogP contribution in [-0.4, -0.2) is 47.5 Å². The monoisotopic (exact) mass is 418 g/mol. The van der Waals surface area contributed by atoms with E-state index in [1.54, 1.807) is 0 Å². The molecule has 8 nitrogen and oxygen atoms in total. The Hall–Kier alpha value is -2.21. The Balaban J connectivity index is 2.06. The number of aliphatic hydroxyl groups excluding tert-OH is 1. The molecule has 1 unspecified atom stereocenters. The zero-order valence-electron chi connectivity index (χ0n) is 14.3. The van der Waals surface area contributed by atoms with Crippen LogP contribution >= 0.6 is 0 Å². The van der Waals surface area contributed by atoms with Gasteiger partial charge in [0.15, 0.2) is 9.84 Å². The second kappa shape index (κ2) is 8.21. The average Bonchev–Trinajstić information content (AvgIpc) is 2.57. The lowest BCUT2D eigenvalue weighted by molar-refractivity contribution is 0.117. The molecule has 0 spiro atoms. The number of halogens is 1. The number of sulfone groups is 1. The summed E-state index contributed by atoms with van der Waals surface area (Å²) in [6.07, 6.45) is -0.0884. The van der Waals surface area contributed by atoms with Crippen molar-refractivity contribution in [3.05, 3.63) is 48.3 Å². The molecule has 2 aromatic carbocycles. The fourth-order valence-corrected chi connectivity index (χ4v) is 3.64. The number of hydrogen-bond acceptors (Lipinski definition) is 7. The van der Waals surface area contributed by atoms with Crippen molar-refractivity contribution in [3.8, 4) is 5.75 Å². The molecule has 4 N–H and O–H groups in total. The Labute approximate surface area is 156 Å². The number of anilines is 1. The van der Waals surface area contributed by atoms with E-state index >= 15 is 0 Å². The largest absolute Gasteiger partial charge is 0.491 e. The van der Waals surface area contributed by atoms with Gasteiger partial charge in [0.25, 0.3) is 0 Å². The number of primary sulfonamides is 1. The first-order valence-electron chi connectivity index (χ1n) is 7.64. The number of ether oxygens (including phenoxy) is 1.